The Hall–Kier alpha value is -2.13. The van der Waals surface area contributed by atoms with Crippen LogP contribution >= 0.6 is 23.2 Å². The number of ether oxygens (including phenoxy) is 1. The third-order valence-corrected chi connectivity index (χ3v) is 10.4. The van der Waals surface area contributed by atoms with Gasteiger partial charge in [-0.15, -0.1) is 0 Å². The van der Waals surface area contributed by atoms with E-state index >= 15 is 0 Å². The van der Waals surface area contributed by atoms with Crippen LogP contribution in [-0.4, -0.2) is 61.1 Å². The van der Waals surface area contributed by atoms with Crippen LogP contribution in [0.1, 0.15) is 63.1 Å². The van der Waals surface area contributed by atoms with Crippen molar-refractivity contribution in [2.75, 3.05) is 24.7 Å². The molecule has 2 aliphatic heterocycles. The average Bonchev–Trinajstić information content (AvgIpc) is 2.83. The van der Waals surface area contributed by atoms with Crippen LogP contribution in [0.4, 0.5) is 0 Å². The minimum absolute atomic E-state index is 0.0335. The SMILES string of the molecule is CCC(CS(=O)(=O)CC1(C)COC1)N1C(=O)[C@@](C)(CC(=O)O)C[C@H](c2cccc(Cl)c2)[C@H]1c1ccc(Cl)cc1. The molecule has 10 heteroatoms. The maximum atomic E-state index is 14.3. The van der Waals surface area contributed by atoms with Gasteiger partial charge in [0.05, 0.1) is 42.6 Å². The van der Waals surface area contributed by atoms with Crippen molar-refractivity contribution in [1.82, 2.24) is 4.90 Å². The van der Waals surface area contributed by atoms with Crippen LogP contribution in [0.15, 0.2) is 48.5 Å². The third-order valence-electron chi connectivity index (χ3n) is 7.91. The van der Waals surface area contributed by atoms with Gasteiger partial charge in [0.25, 0.3) is 0 Å². The number of piperidine rings is 1. The van der Waals surface area contributed by atoms with Crippen LogP contribution in [0, 0.1) is 10.8 Å². The lowest BCUT2D eigenvalue weighted by molar-refractivity contribution is -0.160. The summed E-state index contributed by atoms with van der Waals surface area (Å²) in [7, 11) is -3.58. The molecule has 0 radical (unpaired) electrons. The first-order valence-corrected chi connectivity index (χ1v) is 15.7. The number of amides is 1. The molecule has 2 aliphatic rings. The molecule has 1 N–H and O–H groups in total. The van der Waals surface area contributed by atoms with E-state index in [1.54, 1.807) is 30.0 Å². The predicted molar refractivity (Wildman–Crippen MR) is 152 cm³/mol. The van der Waals surface area contributed by atoms with Gasteiger partial charge < -0.3 is 14.7 Å². The molecule has 39 heavy (non-hydrogen) atoms. The maximum absolute atomic E-state index is 14.3. The number of carboxylic acid groups (broad SMARTS) is 1. The van der Waals surface area contributed by atoms with Gasteiger partial charge in [0, 0.05) is 27.4 Å². The van der Waals surface area contributed by atoms with E-state index in [-0.39, 0.29) is 36.2 Å². The summed E-state index contributed by atoms with van der Waals surface area (Å²) in [5.74, 6) is -2.03. The van der Waals surface area contributed by atoms with Crippen molar-refractivity contribution >= 4 is 44.9 Å². The lowest BCUT2D eigenvalue weighted by Crippen LogP contribution is -2.58. The topological polar surface area (TPSA) is 101 Å². The predicted octanol–water partition coefficient (Wildman–Crippen LogP) is 5.76. The van der Waals surface area contributed by atoms with E-state index in [1.165, 1.54) is 0 Å². The largest absolute Gasteiger partial charge is 0.481 e. The fourth-order valence-electron chi connectivity index (χ4n) is 6.09. The van der Waals surface area contributed by atoms with E-state index in [0.29, 0.717) is 29.7 Å². The zero-order valence-electron chi connectivity index (χ0n) is 22.4. The van der Waals surface area contributed by atoms with Crippen molar-refractivity contribution in [3.05, 3.63) is 69.7 Å². The molecule has 4 rings (SSSR count). The van der Waals surface area contributed by atoms with Gasteiger partial charge in [0.15, 0.2) is 9.84 Å². The third kappa shape index (κ3) is 6.62. The first-order chi connectivity index (χ1) is 18.3. The van der Waals surface area contributed by atoms with E-state index < -0.39 is 38.7 Å². The van der Waals surface area contributed by atoms with Crippen molar-refractivity contribution in [3.8, 4) is 0 Å². The summed E-state index contributed by atoms with van der Waals surface area (Å²) in [6.07, 6.45) is 0.278. The molecule has 0 aromatic heterocycles. The van der Waals surface area contributed by atoms with Crippen molar-refractivity contribution in [1.29, 1.82) is 0 Å². The summed E-state index contributed by atoms with van der Waals surface area (Å²) in [4.78, 5) is 27.9. The molecule has 2 aromatic carbocycles. The van der Waals surface area contributed by atoms with Gasteiger partial charge >= 0.3 is 5.97 Å². The molecule has 2 saturated heterocycles. The molecule has 1 amide bonds. The fraction of sp³-hybridized carbons (Fsp3) is 0.517. The Kier molecular flexibility index (Phi) is 8.72. The highest BCUT2D eigenvalue weighted by Crippen LogP contribution is 2.52. The van der Waals surface area contributed by atoms with E-state index in [1.807, 2.05) is 44.2 Å². The van der Waals surface area contributed by atoms with Crippen LogP contribution in [0.5, 0.6) is 0 Å². The minimum atomic E-state index is -3.58. The molecule has 212 valence electrons. The van der Waals surface area contributed by atoms with E-state index in [4.69, 9.17) is 27.9 Å². The highest BCUT2D eigenvalue weighted by molar-refractivity contribution is 7.91. The molecule has 1 unspecified atom stereocenters. The number of likely N-dealkylation sites (tertiary alicyclic amines) is 1. The molecular formula is C29H35Cl2NO6S. The summed E-state index contributed by atoms with van der Waals surface area (Å²) in [6, 6.07) is 13.3. The van der Waals surface area contributed by atoms with Gasteiger partial charge in [-0.3, -0.25) is 9.59 Å². The smallest absolute Gasteiger partial charge is 0.304 e. The number of carboxylic acids is 1. The highest BCUT2D eigenvalue weighted by Gasteiger charge is 2.53. The Balaban J connectivity index is 1.85. The van der Waals surface area contributed by atoms with Crippen molar-refractivity contribution < 1.29 is 27.9 Å². The summed E-state index contributed by atoms with van der Waals surface area (Å²) in [6.45, 7) is 6.17. The van der Waals surface area contributed by atoms with Crippen molar-refractivity contribution in [2.45, 2.75) is 58.0 Å². The second-order valence-corrected chi connectivity index (χ2v) is 14.6. The van der Waals surface area contributed by atoms with Crippen LogP contribution in [-0.2, 0) is 24.2 Å². The number of hydrogen-bond donors (Lipinski definition) is 1. The monoisotopic (exact) mass is 595 g/mol. The second kappa shape index (κ2) is 11.4. The summed E-state index contributed by atoms with van der Waals surface area (Å²) in [5, 5.41) is 10.8. The molecular weight excluding hydrogens is 561 g/mol. The van der Waals surface area contributed by atoms with Crippen LogP contribution in [0.3, 0.4) is 0 Å². The minimum Gasteiger partial charge on any atom is -0.481 e. The van der Waals surface area contributed by atoms with Gasteiger partial charge in [0.1, 0.15) is 0 Å². The number of benzene rings is 2. The lowest BCUT2D eigenvalue weighted by atomic mass is 9.67. The Bertz CT molecular complexity index is 1330. The number of carbonyl (C=O) groups excluding carboxylic acids is 1. The first kappa shape index (κ1) is 29.8. The normalized spacial score (nSPS) is 25.7. The Labute approximate surface area is 240 Å². The van der Waals surface area contributed by atoms with Gasteiger partial charge in [0.2, 0.25) is 5.91 Å². The number of carbonyl (C=O) groups is 2. The van der Waals surface area contributed by atoms with Crippen LogP contribution < -0.4 is 0 Å². The Morgan fingerprint density at radius 1 is 1.10 bits per heavy atom. The molecule has 2 heterocycles. The number of halogens is 2. The van der Waals surface area contributed by atoms with Gasteiger partial charge in [-0.1, -0.05) is 68.2 Å². The molecule has 0 saturated carbocycles. The molecule has 2 aromatic rings. The van der Waals surface area contributed by atoms with Gasteiger partial charge in [-0.25, -0.2) is 8.42 Å². The zero-order chi connectivity index (χ0) is 28.6. The quantitative estimate of drug-likeness (QED) is 0.374. The standard InChI is InChI=1S/C29H35Cl2NO6S/c1-4-23(15-39(36,37)18-28(2)16-38-17-28)32-26(19-8-10-21(30)11-9-19)24(20-6-5-7-22(31)12-20)13-29(3,27(32)35)14-25(33)34/h5-12,23-24,26H,4,13-18H2,1-3H3,(H,33,34)/t23?,24-,26-,29-/m1/s1. The second-order valence-electron chi connectivity index (χ2n) is 11.6. The number of hydrogen-bond acceptors (Lipinski definition) is 5. The Morgan fingerprint density at radius 2 is 1.77 bits per heavy atom. The number of rotatable bonds is 10. The molecule has 0 bridgehead atoms. The number of aliphatic carboxylic acids is 1. The van der Waals surface area contributed by atoms with E-state index in [0.717, 1.165) is 11.1 Å². The van der Waals surface area contributed by atoms with Crippen LogP contribution in [0.25, 0.3) is 0 Å². The molecule has 7 nitrogen and oxygen atoms in total. The molecule has 2 fully saturated rings. The van der Waals surface area contributed by atoms with Gasteiger partial charge in [-0.2, -0.15) is 0 Å². The van der Waals surface area contributed by atoms with Gasteiger partial charge in [-0.05, 0) is 48.2 Å². The summed E-state index contributed by atoms with van der Waals surface area (Å²) in [5.41, 5.74) is -0.0364. The molecule has 0 spiro atoms. The summed E-state index contributed by atoms with van der Waals surface area (Å²) < 4.78 is 32.2. The average molecular weight is 597 g/mol. The number of nitrogens with zero attached hydrogens (tertiary/aromatic N) is 1. The van der Waals surface area contributed by atoms with Crippen LogP contribution in [0.2, 0.25) is 10.0 Å². The highest BCUT2D eigenvalue weighted by atomic mass is 35.5. The molecule has 4 atom stereocenters. The fourth-order valence-corrected chi connectivity index (χ4v) is 8.75. The zero-order valence-corrected chi connectivity index (χ0v) is 24.7. The molecule has 0 aliphatic carbocycles. The first-order valence-electron chi connectivity index (χ1n) is 13.1. The Morgan fingerprint density at radius 3 is 2.31 bits per heavy atom. The lowest BCUT2D eigenvalue weighted by Gasteiger charge is -2.52. The number of sulfone groups is 1. The maximum Gasteiger partial charge on any atom is 0.304 e. The van der Waals surface area contributed by atoms with E-state index in [2.05, 4.69) is 0 Å². The summed E-state index contributed by atoms with van der Waals surface area (Å²) >= 11 is 12.6. The van der Waals surface area contributed by atoms with E-state index in [9.17, 15) is 23.1 Å². The van der Waals surface area contributed by atoms with Crippen molar-refractivity contribution in [3.63, 3.8) is 0 Å². The van der Waals surface area contributed by atoms with Crippen molar-refractivity contribution in [2.24, 2.45) is 10.8 Å².